The van der Waals surface area contributed by atoms with Crippen molar-refractivity contribution in [3.8, 4) is 5.69 Å². The zero-order valence-corrected chi connectivity index (χ0v) is 10.1. The van der Waals surface area contributed by atoms with Gasteiger partial charge in [-0.1, -0.05) is 12.1 Å². The van der Waals surface area contributed by atoms with Gasteiger partial charge in [0.15, 0.2) is 0 Å². The molecule has 1 aromatic heterocycles. The minimum atomic E-state index is -0.0944. The molecule has 4 heteroatoms. The zero-order valence-electron chi connectivity index (χ0n) is 10.1. The van der Waals surface area contributed by atoms with E-state index in [0.717, 1.165) is 23.4 Å². The molecule has 2 rings (SSSR count). The minimum absolute atomic E-state index is 0.0944. The Morgan fingerprint density at radius 2 is 1.88 bits per heavy atom. The van der Waals surface area contributed by atoms with E-state index in [4.69, 9.17) is 0 Å². The average Bonchev–Trinajstić information content (AvgIpc) is 2.54. The van der Waals surface area contributed by atoms with Gasteiger partial charge in [-0.2, -0.15) is 0 Å². The fraction of sp³-hybridized carbons (Fsp3) is 0.231. The lowest BCUT2D eigenvalue weighted by molar-refractivity contribution is 0.112. The molecule has 0 N–H and O–H groups in total. The second-order valence-corrected chi connectivity index (χ2v) is 4.06. The summed E-state index contributed by atoms with van der Waals surface area (Å²) in [7, 11) is 1.74. The van der Waals surface area contributed by atoms with E-state index in [0.29, 0.717) is 5.56 Å². The predicted molar refractivity (Wildman–Crippen MR) is 65.9 cm³/mol. The molecule has 2 aromatic rings. The fourth-order valence-electron chi connectivity index (χ4n) is 1.88. The first-order valence-electron chi connectivity index (χ1n) is 5.37. The molecule has 88 valence electrons. The molecular weight excluding hydrogens is 216 g/mol. The number of aromatic nitrogens is 2. The lowest BCUT2D eigenvalue weighted by Gasteiger charge is -2.04. The molecule has 1 heterocycles. The van der Waals surface area contributed by atoms with Crippen molar-refractivity contribution < 1.29 is 4.79 Å². The number of rotatable bonds is 2. The molecule has 0 atom stereocenters. The third-order valence-electron chi connectivity index (χ3n) is 3.10. The Morgan fingerprint density at radius 1 is 1.18 bits per heavy atom. The topological polar surface area (TPSA) is 44.0 Å². The van der Waals surface area contributed by atoms with Crippen LogP contribution in [-0.2, 0) is 7.05 Å². The Balaban J connectivity index is 2.72. The van der Waals surface area contributed by atoms with E-state index in [2.05, 4.69) is 0 Å². The van der Waals surface area contributed by atoms with Crippen molar-refractivity contribution >= 4 is 6.29 Å². The van der Waals surface area contributed by atoms with E-state index in [9.17, 15) is 9.59 Å². The summed E-state index contributed by atoms with van der Waals surface area (Å²) in [4.78, 5) is 22.8. The van der Waals surface area contributed by atoms with Gasteiger partial charge in [0.05, 0.1) is 5.69 Å². The van der Waals surface area contributed by atoms with E-state index in [1.165, 1.54) is 0 Å². The molecule has 0 bridgehead atoms. The molecule has 0 radical (unpaired) electrons. The van der Waals surface area contributed by atoms with Gasteiger partial charge in [0.2, 0.25) is 0 Å². The van der Waals surface area contributed by atoms with E-state index in [-0.39, 0.29) is 5.69 Å². The van der Waals surface area contributed by atoms with E-state index >= 15 is 0 Å². The molecule has 0 saturated carbocycles. The number of carbonyl (C=O) groups excluding carboxylic acids is 1. The smallest absolute Gasteiger partial charge is 0.299 e. The van der Waals surface area contributed by atoms with Crippen LogP contribution < -0.4 is 5.69 Å². The van der Waals surface area contributed by atoms with Gasteiger partial charge in [-0.3, -0.25) is 13.9 Å². The molecule has 0 aliphatic rings. The molecule has 4 nitrogen and oxygen atoms in total. The third kappa shape index (κ3) is 1.71. The highest BCUT2D eigenvalue weighted by molar-refractivity contribution is 5.75. The largest absolute Gasteiger partial charge is 0.332 e. The van der Waals surface area contributed by atoms with Gasteiger partial charge in [-0.25, -0.2) is 4.79 Å². The van der Waals surface area contributed by atoms with E-state index in [1.54, 1.807) is 34.4 Å². The quantitative estimate of drug-likeness (QED) is 0.736. The molecule has 1 aromatic carbocycles. The molecule has 0 aliphatic carbocycles. The molecule has 0 amide bonds. The third-order valence-corrected chi connectivity index (χ3v) is 3.10. The Labute approximate surface area is 99.1 Å². The summed E-state index contributed by atoms with van der Waals surface area (Å²) in [6.45, 7) is 3.79. The monoisotopic (exact) mass is 230 g/mol. The van der Waals surface area contributed by atoms with Crippen molar-refractivity contribution in [2.24, 2.45) is 7.05 Å². The maximum Gasteiger partial charge on any atom is 0.332 e. The van der Waals surface area contributed by atoms with Crippen LogP contribution in [0.1, 0.15) is 21.7 Å². The predicted octanol–water partition coefficient (Wildman–Crippen LogP) is 1.61. The van der Waals surface area contributed by atoms with Crippen LogP contribution in [0.5, 0.6) is 0 Å². The van der Waals surface area contributed by atoms with Crippen molar-refractivity contribution in [2.75, 3.05) is 0 Å². The van der Waals surface area contributed by atoms with Crippen molar-refractivity contribution in [2.45, 2.75) is 13.8 Å². The number of aldehydes is 1. The van der Waals surface area contributed by atoms with Gasteiger partial charge in [-0.15, -0.1) is 0 Å². The van der Waals surface area contributed by atoms with Crippen LogP contribution in [0.15, 0.2) is 29.1 Å². The Morgan fingerprint density at radius 3 is 2.41 bits per heavy atom. The SMILES string of the molecule is Cc1c(C)n(-c2cccc(C=O)c2)c(=O)n1C. The fourth-order valence-corrected chi connectivity index (χ4v) is 1.88. The van der Waals surface area contributed by atoms with Crippen molar-refractivity contribution in [3.05, 3.63) is 51.7 Å². The zero-order chi connectivity index (χ0) is 12.6. The highest BCUT2D eigenvalue weighted by Crippen LogP contribution is 2.13. The normalized spacial score (nSPS) is 10.5. The van der Waals surface area contributed by atoms with Gasteiger partial charge in [0.1, 0.15) is 6.29 Å². The van der Waals surface area contributed by atoms with Gasteiger partial charge in [-0.05, 0) is 26.0 Å². The van der Waals surface area contributed by atoms with Crippen LogP contribution in [0.2, 0.25) is 0 Å². The number of imidazole rings is 1. The van der Waals surface area contributed by atoms with Crippen LogP contribution in [-0.4, -0.2) is 15.4 Å². The Kier molecular flexibility index (Phi) is 2.71. The Bertz CT molecular complexity index is 635. The number of benzene rings is 1. The highest BCUT2D eigenvalue weighted by atomic mass is 16.1. The van der Waals surface area contributed by atoms with Crippen LogP contribution in [0.25, 0.3) is 5.69 Å². The number of nitrogens with zero attached hydrogens (tertiary/aromatic N) is 2. The first-order valence-corrected chi connectivity index (χ1v) is 5.37. The average molecular weight is 230 g/mol. The summed E-state index contributed by atoms with van der Waals surface area (Å²) in [6, 6.07) is 7.02. The summed E-state index contributed by atoms with van der Waals surface area (Å²) in [5.41, 5.74) is 3.01. The molecule has 0 fully saturated rings. The van der Waals surface area contributed by atoms with Crippen LogP contribution in [0.4, 0.5) is 0 Å². The van der Waals surface area contributed by atoms with Gasteiger partial charge >= 0.3 is 5.69 Å². The molecule has 0 aliphatic heterocycles. The van der Waals surface area contributed by atoms with Gasteiger partial charge in [0, 0.05) is 24.0 Å². The molecule has 17 heavy (non-hydrogen) atoms. The van der Waals surface area contributed by atoms with Crippen LogP contribution >= 0.6 is 0 Å². The molecule has 0 saturated heterocycles. The summed E-state index contributed by atoms with van der Waals surface area (Å²) < 4.78 is 3.21. The highest BCUT2D eigenvalue weighted by Gasteiger charge is 2.12. The summed E-state index contributed by atoms with van der Waals surface area (Å²) in [5, 5.41) is 0. The minimum Gasteiger partial charge on any atom is -0.299 e. The summed E-state index contributed by atoms with van der Waals surface area (Å²) in [6.07, 6.45) is 0.777. The number of carbonyl (C=O) groups is 1. The number of hydrogen-bond donors (Lipinski definition) is 0. The lowest BCUT2D eigenvalue weighted by Crippen LogP contribution is -2.21. The lowest BCUT2D eigenvalue weighted by atomic mass is 10.2. The molecule has 0 spiro atoms. The summed E-state index contributed by atoms with van der Waals surface area (Å²) in [5.74, 6) is 0. The molecular formula is C13H14N2O2. The summed E-state index contributed by atoms with van der Waals surface area (Å²) >= 11 is 0. The van der Waals surface area contributed by atoms with E-state index < -0.39 is 0 Å². The van der Waals surface area contributed by atoms with E-state index in [1.807, 2.05) is 19.9 Å². The first kappa shape index (κ1) is 11.4. The Hall–Kier alpha value is -2.10. The number of hydrogen-bond acceptors (Lipinski definition) is 2. The first-order chi connectivity index (χ1) is 8.06. The second kappa shape index (κ2) is 4.05. The van der Waals surface area contributed by atoms with Gasteiger partial charge < -0.3 is 0 Å². The van der Waals surface area contributed by atoms with Gasteiger partial charge in [0.25, 0.3) is 0 Å². The second-order valence-electron chi connectivity index (χ2n) is 4.06. The van der Waals surface area contributed by atoms with Crippen LogP contribution in [0, 0.1) is 13.8 Å². The van der Waals surface area contributed by atoms with Crippen molar-refractivity contribution in [1.82, 2.24) is 9.13 Å². The van der Waals surface area contributed by atoms with Crippen molar-refractivity contribution in [3.63, 3.8) is 0 Å². The standard InChI is InChI=1S/C13H14N2O2/c1-9-10(2)15(13(17)14(9)3)12-6-4-5-11(7-12)8-16/h4-8H,1-3H3. The maximum absolute atomic E-state index is 12.0. The molecule has 0 unspecified atom stereocenters. The maximum atomic E-state index is 12.0. The van der Waals surface area contributed by atoms with Crippen molar-refractivity contribution in [1.29, 1.82) is 0 Å². The van der Waals surface area contributed by atoms with Crippen LogP contribution in [0.3, 0.4) is 0 Å².